The number of amides is 2. The van der Waals surface area contributed by atoms with Crippen LogP contribution >= 0.6 is 0 Å². The Bertz CT molecular complexity index is 458. The first-order valence-corrected chi connectivity index (χ1v) is 6.13. The molecule has 20 heavy (non-hydrogen) atoms. The van der Waals surface area contributed by atoms with Crippen LogP contribution in [0.2, 0.25) is 0 Å². The normalized spacial score (nSPS) is 40.9. The molecule has 5 atom stereocenters. The molecule has 0 radical (unpaired) electrons. The average Bonchev–Trinajstić information content (AvgIpc) is 2.64. The maximum absolute atomic E-state index is 14.3. The van der Waals surface area contributed by atoms with E-state index >= 15 is 0 Å². The second kappa shape index (κ2) is 5.13. The van der Waals surface area contributed by atoms with Crippen molar-refractivity contribution in [3.8, 4) is 0 Å². The summed E-state index contributed by atoms with van der Waals surface area (Å²) in [5.74, 6) is 0. The molecule has 0 saturated carbocycles. The van der Waals surface area contributed by atoms with Crippen LogP contribution in [0.15, 0.2) is 24.4 Å². The van der Waals surface area contributed by atoms with Gasteiger partial charge in [-0.1, -0.05) is 6.58 Å². The van der Waals surface area contributed by atoms with Gasteiger partial charge in [0, 0.05) is 6.20 Å². The van der Waals surface area contributed by atoms with Crippen molar-refractivity contribution in [1.82, 2.24) is 10.2 Å². The van der Waals surface area contributed by atoms with Crippen LogP contribution in [0.4, 0.5) is 9.18 Å². The Morgan fingerprint density at radius 1 is 1.75 bits per heavy atom. The molecule has 8 heteroatoms. The fourth-order valence-corrected chi connectivity index (χ4v) is 2.31. The van der Waals surface area contributed by atoms with E-state index in [9.17, 15) is 19.4 Å². The van der Waals surface area contributed by atoms with Crippen molar-refractivity contribution in [1.29, 1.82) is 0 Å². The largest absolute Gasteiger partial charge is 0.393 e. The van der Waals surface area contributed by atoms with Crippen molar-refractivity contribution >= 4 is 6.03 Å². The van der Waals surface area contributed by atoms with Crippen LogP contribution in [-0.4, -0.2) is 58.0 Å². The number of urea groups is 1. The summed E-state index contributed by atoms with van der Waals surface area (Å²) in [5, 5.41) is 21.8. The number of hydrogen-bond acceptors (Lipinski definition) is 5. The number of nitrogens with one attached hydrogen (secondary N) is 1. The second-order valence-electron chi connectivity index (χ2n) is 4.95. The summed E-state index contributed by atoms with van der Waals surface area (Å²) in [4.78, 5) is 12.7. The Morgan fingerprint density at radius 3 is 2.85 bits per heavy atom. The van der Waals surface area contributed by atoms with E-state index in [1.807, 2.05) is 0 Å². The molecule has 0 aliphatic carbocycles. The SMILES string of the molecule is C=C(C)[C@]1(CO)O[C@@H](N2C=CC(N)NC2=O)[C@H](F)[C@@H]1O. The molecule has 1 unspecified atom stereocenters. The lowest BCUT2D eigenvalue weighted by atomic mass is 9.90. The van der Waals surface area contributed by atoms with Gasteiger partial charge in [0.2, 0.25) is 0 Å². The van der Waals surface area contributed by atoms with Gasteiger partial charge in [-0.15, -0.1) is 0 Å². The first kappa shape index (κ1) is 14.9. The van der Waals surface area contributed by atoms with Gasteiger partial charge < -0.3 is 26.0 Å². The monoisotopic (exact) mass is 287 g/mol. The van der Waals surface area contributed by atoms with E-state index in [4.69, 9.17) is 10.5 Å². The number of nitrogens with zero attached hydrogens (tertiary/aromatic N) is 1. The fourth-order valence-electron chi connectivity index (χ4n) is 2.31. The van der Waals surface area contributed by atoms with E-state index < -0.39 is 42.9 Å². The molecule has 0 aromatic heterocycles. The van der Waals surface area contributed by atoms with E-state index in [1.165, 1.54) is 19.2 Å². The Labute approximate surface area is 115 Å². The van der Waals surface area contributed by atoms with Crippen LogP contribution in [0.5, 0.6) is 0 Å². The first-order valence-electron chi connectivity index (χ1n) is 6.13. The zero-order valence-electron chi connectivity index (χ0n) is 11.0. The topological polar surface area (TPSA) is 108 Å². The van der Waals surface area contributed by atoms with Crippen molar-refractivity contribution < 1.29 is 24.1 Å². The molecule has 5 N–H and O–H groups in total. The highest BCUT2D eigenvalue weighted by Crippen LogP contribution is 2.39. The predicted octanol–water partition coefficient (Wildman–Crippen LogP) is -0.827. The number of nitrogens with two attached hydrogens (primary N) is 1. The fraction of sp³-hybridized carbons (Fsp3) is 0.583. The highest BCUT2D eigenvalue weighted by atomic mass is 19.1. The van der Waals surface area contributed by atoms with Gasteiger partial charge >= 0.3 is 6.03 Å². The van der Waals surface area contributed by atoms with E-state index in [0.29, 0.717) is 0 Å². The minimum atomic E-state index is -1.89. The zero-order chi connectivity index (χ0) is 15.1. The van der Waals surface area contributed by atoms with E-state index in [0.717, 1.165) is 4.90 Å². The third-order valence-electron chi connectivity index (χ3n) is 3.59. The third-order valence-corrected chi connectivity index (χ3v) is 3.59. The molecule has 0 aromatic rings. The minimum Gasteiger partial charge on any atom is -0.393 e. The quantitative estimate of drug-likeness (QED) is 0.507. The summed E-state index contributed by atoms with van der Waals surface area (Å²) in [7, 11) is 0. The summed E-state index contributed by atoms with van der Waals surface area (Å²) in [6, 6.07) is -0.643. The van der Waals surface area contributed by atoms with Crippen LogP contribution in [0.1, 0.15) is 6.92 Å². The van der Waals surface area contributed by atoms with E-state index in [-0.39, 0.29) is 5.57 Å². The van der Waals surface area contributed by atoms with Crippen LogP contribution in [0, 0.1) is 0 Å². The summed E-state index contributed by atoms with van der Waals surface area (Å²) in [6.45, 7) is 4.48. The van der Waals surface area contributed by atoms with Crippen LogP contribution in [0.25, 0.3) is 0 Å². The average molecular weight is 287 g/mol. The lowest BCUT2D eigenvalue weighted by Crippen LogP contribution is -2.54. The van der Waals surface area contributed by atoms with Gasteiger partial charge in [0.1, 0.15) is 11.7 Å². The van der Waals surface area contributed by atoms with Gasteiger partial charge in [0.05, 0.1) is 12.8 Å². The molecule has 0 spiro atoms. The van der Waals surface area contributed by atoms with E-state index in [2.05, 4.69) is 11.9 Å². The van der Waals surface area contributed by atoms with Crippen molar-refractivity contribution in [3.05, 3.63) is 24.4 Å². The number of halogens is 1. The minimum absolute atomic E-state index is 0.274. The highest BCUT2D eigenvalue weighted by Gasteiger charge is 2.58. The van der Waals surface area contributed by atoms with Gasteiger partial charge in [-0.25, -0.2) is 9.18 Å². The molecule has 7 nitrogen and oxygen atoms in total. The molecule has 0 aromatic carbocycles. The number of ether oxygens (including phenoxy) is 1. The Kier molecular flexibility index (Phi) is 3.83. The molecule has 112 valence electrons. The molecule has 2 aliphatic rings. The number of carbonyl (C=O) groups excluding carboxylic acids is 1. The van der Waals surface area contributed by atoms with E-state index in [1.54, 1.807) is 0 Å². The summed E-state index contributed by atoms with van der Waals surface area (Å²) < 4.78 is 19.7. The maximum Gasteiger partial charge on any atom is 0.325 e. The standard InChI is InChI=1S/C12H18FN3O4/c1-6(2)12(5-17)9(18)8(13)10(20-12)16-4-3-7(14)15-11(16)19/h3-4,7-10,17-18H,1,5,14H2,2H3,(H,15,19)/t7?,8-,9+,10-,12+/m1/s1. The Hall–Kier alpha value is -1.48. The molecule has 2 aliphatic heterocycles. The number of hydrogen-bond donors (Lipinski definition) is 4. The van der Waals surface area contributed by atoms with Crippen molar-refractivity contribution in [2.75, 3.05) is 6.61 Å². The van der Waals surface area contributed by atoms with Crippen LogP contribution in [-0.2, 0) is 4.74 Å². The van der Waals surface area contributed by atoms with Gasteiger partial charge in [-0.05, 0) is 18.6 Å². The second-order valence-corrected chi connectivity index (χ2v) is 4.95. The summed E-state index contributed by atoms with van der Waals surface area (Å²) >= 11 is 0. The van der Waals surface area contributed by atoms with Crippen LogP contribution in [0.3, 0.4) is 0 Å². The number of alkyl halides is 1. The predicted molar refractivity (Wildman–Crippen MR) is 67.9 cm³/mol. The number of aliphatic hydroxyl groups excluding tert-OH is 2. The Balaban J connectivity index is 2.29. The molecular weight excluding hydrogens is 269 g/mol. The number of rotatable bonds is 3. The smallest absolute Gasteiger partial charge is 0.325 e. The maximum atomic E-state index is 14.3. The van der Waals surface area contributed by atoms with Gasteiger partial charge in [0.15, 0.2) is 12.4 Å². The Morgan fingerprint density at radius 2 is 2.40 bits per heavy atom. The molecular formula is C12H18FN3O4. The van der Waals surface area contributed by atoms with Crippen molar-refractivity contribution in [2.24, 2.45) is 5.73 Å². The molecule has 2 rings (SSSR count). The third kappa shape index (κ3) is 2.10. The lowest BCUT2D eigenvalue weighted by molar-refractivity contribution is -0.110. The zero-order valence-corrected chi connectivity index (χ0v) is 11.0. The highest BCUT2D eigenvalue weighted by molar-refractivity contribution is 5.77. The van der Waals surface area contributed by atoms with Gasteiger partial charge in [-0.2, -0.15) is 0 Å². The van der Waals surface area contributed by atoms with Crippen LogP contribution < -0.4 is 11.1 Å². The van der Waals surface area contributed by atoms with Crippen molar-refractivity contribution in [3.63, 3.8) is 0 Å². The molecule has 1 saturated heterocycles. The summed E-state index contributed by atoms with van der Waals surface area (Å²) in [6.07, 6.45) is -2.79. The lowest BCUT2D eigenvalue weighted by Gasteiger charge is -2.33. The molecule has 1 fully saturated rings. The van der Waals surface area contributed by atoms with Gasteiger partial charge in [-0.3, -0.25) is 4.90 Å². The molecule has 0 bridgehead atoms. The van der Waals surface area contributed by atoms with Gasteiger partial charge in [0.25, 0.3) is 0 Å². The number of carbonyl (C=O) groups is 1. The number of aliphatic hydroxyl groups is 2. The first-order chi connectivity index (χ1) is 9.33. The summed E-state index contributed by atoms with van der Waals surface area (Å²) in [5.41, 5.74) is 4.14. The molecule has 2 heterocycles. The molecule has 2 amide bonds. The van der Waals surface area contributed by atoms with Crippen molar-refractivity contribution in [2.45, 2.75) is 37.2 Å².